The van der Waals surface area contributed by atoms with Gasteiger partial charge in [0.05, 0.1) is 12.2 Å². The maximum Gasteiger partial charge on any atom is 0.0958 e. The summed E-state index contributed by atoms with van der Waals surface area (Å²) < 4.78 is 0. The van der Waals surface area contributed by atoms with Gasteiger partial charge < -0.3 is 10.2 Å². The molecule has 0 heterocycles. The summed E-state index contributed by atoms with van der Waals surface area (Å²) in [5.41, 5.74) is -0.874. The van der Waals surface area contributed by atoms with Crippen LogP contribution in [0.3, 0.4) is 0 Å². The maximum atomic E-state index is 10.3. The Morgan fingerprint density at radius 1 is 1.25 bits per heavy atom. The fourth-order valence-electron chi connectivity index (χ4n) is 3.28. The average molecular weight is 170 g/mol. The van der Waals surface area contributed by atoms with Gasteiger partial charge in [0.2, 0.25) is 0 Å². The van der Waals surface area contributed by atoms with Crippen LogP contribution in [0.15, 0.2) is 0 Å². The summed E-state index contributed by atoms with van der Waals surface area (Å²) >= 11 is 0. The molecular weight excluding hydrogens is 152 g/mol. The molecule has 12 heavy (non-hydrogen) atoms. The van der Waals surface area contributed by atoms with Crippen molar-refractivity contribution in [1.82, 2.24) is 0 Å². The van der Waals surface area contributed by atoms with Gasteiger partial charge in [-0.15, -0.1) is 0 Å². The minimum Gasteiger partial charge on any atom is -0.393 e. The molecule has 1 unspecified atom stereocenters. The Morgan fingerprint density at radius 3 is 2.17 bits per heavy atom. The standard InChI is InChI=1S/C10H18O2/c1-9(2)7-3-4-8(5-7)10(9,12)6-11/h7-8,11-12H,3-6H2,1-2H3/t7-,8+,10?/m1/s1. The van der Waals surface area contributed by atoms with Crippen LogP contribution in [0.25, 0.3) is 0 Å². The Kier molecular flexibility index (Phi) is 1.59. The SMILES string of the molecule is CC1(C)[C@@H]2CC[C@@H](C2)C1(O)CO. The van der Waals surface area contributed by atoms with E-state index in [0.717, 1.165) is 12.8 Å². The molecule has 2 heteroatoms. The molecule has 0 aromatic heterocycles. The molecule has 0 radical (unpaired) electrons. The van der Waals surface area contributed by atoms with E-state index >= 15 is 0 Å². The zero-order valence-corrected chi connectivity index (χ0v) is 7.88. The second-order valence-electron chi connectivity index (χ2n) is 5.01. The van der Waals surface area contributed by atoms with E-state index in [1.807, 2.05) is 0 Å². The summed E-state index contributed by atoms with van der Waals surface area (Å²) in [7, 11) is 0. The summed E-state index contributed by atoms with van der Waals surface area (Å²) in [6, 6.07) is 0. The first-order valence-corrected chi connectivity index (χ1v) is 4.85. The largest absolute Gasteiger partial charge is 0.393 e. The van der Waals surface area contributed by atoms with Crippen LogP contribution in [0, 0.1) is 17.3 Å². The minimum absolute atomic E-state index is 0.0683. The Balaban J connectivity index is 2.34. The van der Waals surface area contributed by atoms with E-state index in [-0.39, 0.29) is 12.0 Å². The van der Waals surface area contributed by atoms with Crippen LogP contribution in [0.1, 0.15) is 33.1 Å². The monoisotopic (exact) mass is 170 g/mol. The average Bonchev–Trinajstić information content (AvgIpc) is 2.55. The van der Waals surface area contributed by atoms with Gasteiger partial charge in [-0.3, -0.25) is 0 Å². The zero-order chi connectivity index (χ0) is 8.98. The van der Waals surface area contributed by atoms with Crippen molar-refractivity contribution in [3.63, 3.8) is 0 Å². The van der Waals surface area contributed by atoms with Crippen molar-refractivity contribution < 1.29 is 10.2 Å². The smallest absolute Gasteiger partial charge is 0.0958 e. The third-order valence-corrected chi connectivity index (χ3v) is 4.49. The number of aliphatic hydroxyl groups excluding tert-OH is 1. The molecule has 0 aromatic carbocycles. The topological polar surface area (TPSA) is 40.5 Å². The summed E-state index contributed by atoms with van der Waals surface area (Å²) in [5, 5.41) is 19.5. The minimum atomic E-state index is -0.796. The van der Waals surface area contributed by atoms with Crippen molar-refractivity contribution in [1.29, 1.82) is 0 Å². The van der Waals surface area contributed by atoms with E-state index in [0.29, 0.717) is 11.8 Å². The van der Waals surface area contributed by atoms with Crippen LogP contribution < -0.4 is 0 Å². The Labute approximate surface area is 73.6 Å². The van der Waals surface area contributed by atoms with E-state index in [2.05, 4.69) is 13.8 Å². The maximum absolute atomic E-state index is 10.3. The lowest BCUT2D eigenvalue weighted by Gasteiger charge is -2.44. The highest BCUT2D eigenvalue weighted by Crippen LogP contribution is 2.61. The Hall–Kier alpha value is -0.0800. The molecule has 2 aliphatic carbocycles. The van der Waals surface area contributed by atoms with E-state index in [1.54, 1.807) is 0 Å². The van der Waals surface area contributed by atoms with Gasteiger partial charge in [-0.1, -0.05) is 13.8 Å². The van der Waals surface area contributed by atoms with Crippen LogP contribution >= 0.6 is 0 Å². The molecule has 2 rings (SSSR count). The van der Waals surface area contributed by atoms with E-state index in [9.17, 15) is 10.2 Å². The van der Waals surface area contributed by atoms with Crippen LogP contribution in [-0.2, 0) is 0 Å². The summed E-state index contributed by atoms with van der Waals surface area (Å²) in [4.78, 5) is 0. The molecule has 2 N–H and O–H groups in total. The van der Waals surface area contributed by atoms with E-state index in [4.69, 9.17) is 0 Å². The first-order chi connectivity index (χ1) is 5.52. The van der Waals surface area contributed by atoms with Crippen molar-refractivity contribution in [3.8, 4) is 0 Å². The van der Waals surface area contributed by atoms with Gasteiger partial charge >= 0.3 is 0 Å². The molecule has 2 nitrogen and oxygen atoms in total. The molecule has 0 saturated heterocycles. The quantitative estimate of drug-likeness (QED) is 0.620. The predicted molar refractivity (Wildman–Crippen MR) is 46.6 cm³/mol. The van der Waals surface area contributed by atoms with Gasteiger partial charge in [-0.2, -0.15) is 0 Å². The first-order valence-electron chi connectivity index (χ1n) is 4.85. The number of hydrogen-bond acceptors (Lipinski definition) is 2. The molecule has 0 spiro atoms. The van der Waals surface area contributed by atoms with Gasteiger partial charge in [-0.05, 0) is 36.5 Å². The highest BCUT2D eigenvalue weighted by atomic mass is 16.3. The molecular formula is C10H18O2. The Bertz CT molecular complexity index is 200. The molecule has 2 fully saturated rings. The third kappa shape index (κ3) is 0.728. The molecule has 2 saturated carbocycles. The van der Waals surface area contributed by atoms with Crippen molar-refractivity contribution in [2.24, 2.45) is 17.3 Å². The van der Waals surface area contributed by atoms with Crippen LogP contribution in [0.5, 0.6) is 0 Å². The highest BCUT2D eigenvalue weighted by molar-refractivity contribution is 5.11. The summed E-state index contributed by atoms with van der Waals surface area (Å²) in [6.45, 7) is 4.11. The van der Waals surface area contributed by atoms with Crippen molar-refractivity contribution in [3.05, 3.63) is 0 Å². The fourth-order valence-corrected chi connectivity index (χ4v) is 3.28. The molecule has 70 valence electrons. The normalized spacial score (nSPS) is 50.0. The predicted octanol–water partition coefficient (Wildman–Crippen LogP) is 1.17. The second kappa shape index (κ2) is 2.24. The number of aliphatic hydroxyl groups is 2. The van der Waals surface area contributed by atoms with E-state index < -0.39 is 5.60 Å². The van der Waals surface area contributed by atoms with Gasteiger partial charge in [0.15, 0.2) is 0 Å². The highest BCUT2D eigenvalue weighted by Gasteiger charge is 2.61. The summed E-state index contributed by atoms with van der Waals surface area (Å²) in [5.74, 6) is 0.974. The van der Waals surface area contributed by atoms with Gasteiger partial charge in [0, 0.05) is 0 Å². The first kappa shape index (κ1) is 8.52. The van der Waals surface area contributed by atoms with Gasteiger partial charge in [0.1, 0.15) is 0 Å². The third-order valence-electron chi connectivity index (χ3n) is 4.49. The molecule has 0 aliphatic heterocycles. The van der Waals surface area contributed by atoms with Crippen molar-refractivity contribution >= 4 is 0 Å². The van der Waals surface area contributed by atoms with Crippen LogP contribution in [0.2, 0.25) is 0 Å². The van der Waals surface area contributed by atoms with Crippen molar-refractivity contribution in [2.45, 2.75) is 38.7 Å². The number of hydrogen-bond donors (Lipinski definition) is 2. The molecule has 3 atom stereocenters. The molecule has 2 aliphatic rings. The Morgan fingerprint density at radius 2 is 1.83 bits per heavy atom. The van der Waals surface area contributed by atoms with Gasteiger partial charge in [-0.25, -0.2) is 0 Å². The second-order valence-corrected chi connectivity index (χ2v) is 5.01. The molecule has 2 bridgehead atoms. The molecule has 0 aromatic rings. The molecule has 0 amide bonds. The number of rotatable bonds is 1. The van der Waals surface area contributed by atoms with E-state index in [1.165, 1.54) is 6.42 Å². The lowest BCUT2D eigenvalue weighted by atomic mass is 9.66. The lowest BCUT2D eigenvalue weighted by molar-refractivity contribution is -0.135. The van der Waals surface area contributed by atoms with Crippen LogP contribution in [0.4, 0.5) is 0 Å². The van der Waals surface area contributed by atoms with Crippen LogP contribution in [-0.4, -0.2) is 22.4 Å². The fraction of sp³-hybridized carbons (Fsp3) is 1.00. The van der Waals surface area contributed by atoms with Crippen molar-refractivity contribution in [2.75, 3.05) is 6.61 Å². The lowest BCUT2D eigenvalue weighted by Crippen LogP contribution is -2.52. The summed E-state index contributed by atoms with van der Waals surface area (Å²) in [6.07, 6.45) is 3.45. The van der Waals surface area contributed by atoms with Gasteiger partial charge in [0.25, 0.3) is 0 Å². The number of fused-ring (bicyclic) bond motifs is 2. The zero-order valence-electron chi connectivity index (χ0n) is 7.88.